The zero-order valence-electron chi connectivity index (χ0n) is 10.8. The summed E-state index contributed by atoms with van der Waals surface area (Å²) >= 11 is 0. The molecule has 2 heterocycles. The third-order valence-corrected chi connectivity index (χ3v) is 4.04. The van der Waals surface area contributed by atoms with Crippen molar-refractivity contribution >= 4 is 11.9 Å². The SMILES string of the molecule is O=C1CC2(CCN(C(=O)O)CC2)Oc2cccc(O)c21. The Bertz CT molecular complexity index is 575. The lowest BCUT2D eigenvalue weighted by atomic mass is 9.82. The van der Waals surface area contributed by atoms with Crippen molar-refractivity contribution in [2.24, 2.45) is 0 Å². The molecule has 0 radical (unpaired) electrons. The molecule has 6 heteroatoms. The standard InChI is InChI=1S/C14H15NO5/c16-9-2-1-3-11-12(9)10(17)8-14(20-11)4-6-15(7-5-14)13(18)19/h1-3,16H,4-8H2,(H,18,19). The third kappa shape index (κ3) is 1.97. The van der Waals surface area contributed by atoms with Gasteiger partial charge in [0.05, 0.1) is 6.42 Å². The average Bonchev–Trinajstić information content (AvgIpc) is 2.38. The monoisotopic (exact) mass is 277 g/mol. The molecule has 2 N–H and O–H groups in total. The number of likely N-dealkylation sites (tertiary alicyclic amines) is 1. The molecule has 1 saturated heterocycles. The quantitative estimate of drug-likeness (QED) is 0.756. The molecule has 1 spiro atoms. The van der Waals surface area contributed by atoms with Crippen LogP contribution in [-0.4, -0.2) is 45.7 Å². The molecule has 1 aromatic rings. The molecule has 2 aliphatic rings. The van der Waals surface area contributed by atoms with Gasteiger partial charge in [0.2, 0.25) is 0 Å². The van der Waals surface area contributed by atoms with E-state index in [1.807, 2.05) is 0 Å². The Morgan fingerprint density at radius 1 is 1.30 bits per heavy atom. The largest absolute Gasteiger partial charge is 0.507 e. The van der Waals surface area contributed by atoms with E-state index in [1.54, 1.807) is 12.1 Å². The molecule has 1 fully saturated rings. The van der Waals surface area contributed by atoms with Crippen molar-refractivity contribution in [2.45, 2.75) is 24.9 Å². The van der Waals surface area contributed by atoms with Gasteiger partial charge in [-0.2, -0.15) is 0 Å². The summed E-state index contributed by atoms with van der Waals surface area (Å²) in [6.45, 7) is 0.716. The Morgan fingerprint density at radius 3 is 2.65 bits per heavy atom. The summed E-state index contributed by atoms with van der Waals surface area (Å²) in [6, 6.07) is 4.76. The van der Waals surface area contributed by atoms with Gasteiger partial charge in [0, 0.05) is 25.9 Å². The first kappa shape index (κ1) is 12.8. The molecule has 0 unspecified atom stereocenters. The number of hydrogen-bond acceptors (Lipinski definition) is 4. The number of aromatic hydroxyl groups is 1. The fraction of sp³-hybridized carbons (Fsp3) is 0.429. The minimum atomic E-state index is -0.944. The number of ether oxygens (including phenoxy) is 1. The van der Waals surface area contributed by atoms with Crippen molar-refractivity contribution in [3.05, 3.63) is 23.8 Å². The Morgan fingerprint density at radius 2 is 2.00 bits per heavy atom. The number of carbonyl (C=O) groups excluding carboxylic acids is 1. The van der Waals surface area contributed by atoms with Crippen molar-refractivity contribution in [1.29, 1.82) is 0 Å². The first-order valence-corrected chi connectivity index (χ1v) is 6.53. The highest BCUT2D eigenvalue weighted by atomic mass is 16.5. The van der Waals surface area contributed by atoms with E-state index in [0.717, 1.165) is 0 Å². The van der Waals surface area contributed by atoms with E-state index in [4.69, 9.17) is 9.84 Å². The van der Waals surface area contributed by atoms with Crippen LogP contribution in [0, 0.1) is 0 Å². The lowest BCUT2D eigenvalue weighted by molar-refractivity contribution is -0.00547. The van der Waals surface area contributed by atoms with Gasteiger partial charge >= 0.3 is 6.09 Å². The molecule has 1 amide bonds. The second-order valence-corrected chi connectivity index (χ2v) is 5.30. The molecular formula is C14H15NO5. The van der Waals surface area contributed by atoms with E-state index >= 15 is 0 Å². The van der Waals surface area contributed by atoms with Crippen LogP contribution in [0.1, 0.15) is 29.6 Å². The van der Waals surface area contributed by atoms with Crippen LogP contribution in [0.5, 0.6) is 11.5 Å². The highest BCUT2D eigenvalue weighted by Crippen LogP contribution is 2.42. The molecule has 0 saturated carbocycles. The van der Waals surface area contributed by atoms with E-state index in [2.05, 4.69) is 0 Å². The van der Waals surface area contributed by atoms with E-state index in [9.17, 15) is 14.7 Å². The van der Waals surface area contributed by atoms with Crippen LogP contribution in [0.4, 0.5) is 4.79 Å². The van der Waals surface area contributed by atoms with E-state index in [0.29, 0.717) is 31.7 Å². The summed E-state index contributed by atoms with van der Waals surface area (Å²) in [7, 11) is 0. The van der Waals surface area contributed by atoms with Crippen LogP contribution in [0.25, 0.3) is 0 Å². The Labute approximate surface area is 115 Å². The fourth-order valence-corrected chi connectivity index (χ4v) is 2.92. The first-order valence-electron chi connectivity index (χ1n) is 6.53. The van der Waals surface area contributed by atoms with Gasteiger partial charge in [0.15, 0.2) is 5.78 Å². The molecule has 6 nitrogen and oxygen atoms in total. The number of amides is 1. The van der Waals surface area contributed by atoms with Crippen LogP contribution in [0.15, 0.2) is 18.2 Å². The number of phenols is 1. The number of fused-ring (bicyclic) bond motifs is 1. The lowest BCUT2D eigenvalue weighted by Gasteiger charge is -2.43. The van der Waals surface area contributed by atoms with E-state index in [-0.39, 0.29) is 23.5 Å². The molecule has 0 bridgehead atoms. The number of ketones is 1. The molecule has 0 aromatic heterocycles. The smallest absolute Gasteiger partial charge is 0.407 e. The van der Waals surface area contributed by atoms with Crippen LogP contribution in [0.2, 0.25) is 0 Å². The van der Waals surface area contributed by atoms with Gasteiger partial charge in [-0.25, -0.2) is 4.79 Å². The number of benzene rings is 1. The van der Waals surface area contributed by atoms with Crippen LogP contribution in [0.3, 0.4) is 0 Å². The fourth-order valence-electron chi connectivity index (χ4n) is 2.92. The van der Waals surface area contributed by atoms with Gasteiger partial charge < -0.3 is 19.8 Å². The summed E-state index contributed by atoms with van der Waals surface area (Å²) in [6.07, 6.45) is 0.214. The molecule has 1 aromatic carbocycles. The summed E-state index contributed by atoms with van der Waals surface area (Å²) < 4.78 is 5.94. The van der Waals surface area contributed by atoms with Gasteiger partial charge in [0.25, 0.3) is 0 Å². The summed E-state index contributed by atoms with van der Waals surface area (Å²) in [5.74, 6) is 0.184. The lowest BCUT2D eigenvalue weighted by Crippen LogP contribution is -2.52. The minimum absolute atomic E-state index is 0.0645. The van der Waals surface area contributed by atoms with Gasteiger partial charge in [-0.15, -0.1) is 0 Å². The number of carbonyl (C=O) groups is 2. The number of piperidine rings is 1. The second kappa shape index (κ2) is 4.40. The maximum atomic E-state index is 12.2. The third-order valence-electron chi connectivity index (χ3n) is 4.04. The molecule has 0 atom stereocenters. The molecule has 2 aliphatic heterocycles. The number of hydrogen-bond donors (Lipinski definition) is 2. The highest BCUT2D eigenvalue weighted by molar-refractivity contribution is 6.02. The number of carboxylic acid groups (broad SMARTS) is 1. The molecule has 0 aliphatic carbocycles. The maximum Gasteiger partial charge on any atom is 0.407 e. The number of Topliss-reactive ketones (excluding diaryl/α,β-unsaturated/α-hetero) is 1. The van der Waals surface area contributed by atoms with E-state index < -0.39 is 11.7 Å². The van der Waals surface area contributed by atoms with Crippen molar-refractivity contribution < 1.29 is 24.5 Å². The minimum Gasteiger partial charge on any atom is -0.507 e. The Kier molecular flexibility index (Phi) is 2.81. The van der Waals surface area contributed by atoms with Gasteiger partial charge in [-0.1, -0.05) is 6.07 Å². The number of nitrogens with zero attached hydrogens (tertiary/aromatic N) is 1. The number of rotatable bonds is 0. The molecular weight excluding hydrogens is 262 g/mol. The zero-order chi connectivity index (χ0) is 14.3. The predicted molar refractivity (Wildman–Crippen MR) is 69.2 cm³/mol. The molecule has 3 rings (SSSR count). The van der Waals surface area contributed by atoms with Gasteiger partial charge in [-0.05, 0) is 12.1 Å². The van der Waals surface area contributed by atoms with Crippen molar-refractivity contribution in [3.8, 4) is 11.5 Å². The average molecular weight is 277 g/mol. The number of phenolic OH excluding ortho intramolecular Hbond substituents is 1. The van der Waals surface area contributed by atoms with Gasteiger partial charge in [0.1, 0.15) is 22.7 Å². The Hall–Kier alpha value is -2.24. The van der Waals surface area contributed by atoms with Crippen molar-refractivity contribution in [2.75, 3.05) is 13.1 Å². The summed E-state index contributed by atoms with van der Waals surface area (Å²) in [5.41, 5.74) is -0.400. The highest BCUT2D eigenvalue weighted by Gasteiger charge is 2.44. The van der Waals surface area contributed by atoms with Gasteiger partial charge in [-0.3, -0.25) is 4.79 Å². The summed E-state index contributed by atoms with van der Waals surface area (Å²) in [4.78, 5) is 24.5. The summed E-state index contributed by atoms with van der Waals surface area (Å²) in [5, 5.41) is 18.7. The Balaban J connectivity index is 1.86. The predicted octanol–water partition coefficient (Wildman–Crippen LogP) is 1.87. The first-order chi connectivity index (χ1) is 9.51. The molecule has 106 valence electrons. The van der Waals surface area contributed by atoms with Crippen LogP contribution in [-0.2, 0) is 0 Å². The molecule has 20 heavy (non-hydrogen) atoms. The van der Waals surface area contributed by atoms with Crippen LogP contribution >= 0.6 is 0 Å². The van der Waals surface area contributed by atoms with E-state index in [1.165, 1.54) is 11.0 Å². The topological polar surface area (TPSA) is 87.1 Å². The second-order valence-electron chi connectivity index (χ2n) is 5.30. The van der Waals surface area contributed by atoms with Crippen molar-refractivity contribution in [1.82, 2.24) is 4.90 Å². The van der Waals surface area contributed by atoms with Crippen LogP contribution < -0.4 is 4.74 Å². The normalized spacial score (nSPS) is 20.4. The zero-order valence-corrected chi connectivity index (χ0v) is 10.8. The maximum absolute atomic E-state index is 12.2. The van der Waals surface area contributed by atoms with Crippen molar-refractivity contribution in [3.63, 3.8) is 0 Å².